The molecule has 1 atom stereocenters. The average Bonchev–Trinajstić information content (AvgIpc) is 3.10. The van der Waals surface area contributed by atoms with Gasteiger partial charge in [-0.05, 0) is 85.0 Å². The summed E-state index contributed by atoms with van der Waals surface area (Å²) in [6, 6.07) is 39.5. The summed E-state index contributed by atoms with van der Waals surface area (Å²) in [5, 5.41) is 8.37. The first-order chi connectivity index (χ1) is 22.8. The van der Waals surface area contributed by atoms with Crippen molar-refractivity contribution in [1.29, 1.82) is 0 Å². The Kier molecular flexibility index (Phi) is 11.0. The molecule has 0 aromatic heterocycles. The van der Waals surface area contributed by atoms with Crippen LogP contribution in [0.5, 0.6) is 0 Å². The van der Waals surface area contributed by atoms with Gasteiger partial charge in [0.25, 0.3) is 11.8 Å². The fourth-order valence-electron chi connectivity index (χ4n) is 5.01. The van der Waals surface area contributed by atoms with Crippen LogP contribution in [0.3, 0.4) is 0 Å². The van der Waals surface area contributed by atoms with Gasteiger partial charge in [0.2, 0.25) is 5.91 Å². The number of benzene rings is 5. The molecule has 0 aliphatic heterocycles. The van der Waals surface area contributed by atoms with Crippen LogP contribution in [0.1, 0.15) is 50.3 Å². The van der Waals surface area contributed by atoms with E-state index in [4.69, 9.17) is 0 Å². The van der Waals surface area contributed by atoms with Crippen LogP contribution in [0.4, 0.5) is 11.4 Å². The first kappa shape index (κ1) is 33.0. The van der Waals surface area contributed by atoms with E-state index >= 15 is 0 Å². The van der Waals surface area contributed by atoms with Crippen LogP contribution < -0.4 is 16.0 Å². The zero-order chi connectivity index (χ0) is 33.2. The molecule has 0 spiro atoms. The Hall–Kier alpha value is -5.40. The summed E-state index contributed by atoms with van der Waals surface area (Å²) in [6.45, 7) is 6.06. The molecule has 0 saturated carbocycles. The fourth-order valence-corrected chi connectivity index (χ4v) is 6.04. The summed E-state index contributed by atoms with van der Waals surface area (Å²) in [6.07, 6.45) is 2.47. The van der Waals surface area contributed by atoms with Gasteiger partial charge in [0.05, 0.1) is 0 Å². The van der Waals surface area contributed by atoms with E-state index in [-0.39, 0.29) is 17.5 Å². The van der Waals surface area contributed by atoms with Crippen LogP contribution in [0.25, 0.3) is 6.08 Å². The Morgan fingerprint density at radius 3 is 2.04 bits per heavy atom. The lowest BCUT2D eigenvalue weighted by Crippen LogP contribution is -2.30. The van der Waals surface area contributed by atoms with Gasteiger partial charge in [0, 0.05) is 21.8 Å². The Morgan fingerprint density at radius 2 is 1.38 bits per heavy atom. The zero-order valence-electron chi connectivity index (χ0n) is 26.6. The Labute approximate surface area is 280 Å². The molecule has 3 N–H and O–H groups in total. The number of carbonyl (C=O) groups excluding carboxylic acids is 3. The molecular weight excluding hydrogens is 603 g/mol. The van der Waals surface area contributed by atoms with Crippen LogP contribution in [-0.4, -0.2) is 17.7 Å². The minimum absolute atomic E-state index is 0.109. The lowest BCUT2D eigenvalue weighted by Gasteiger charge is -2.20. The second kappa shape index (κ2) is 15.7. The molecule has 5 aromatic rings. The topological polar surface area (TPSA) is 87.3 Å². The molecule has 3 amide bonds. The van der Waals surface area contributed by atoms with Gasteiger partial charge in [-0.15, -0.1) is 11.8 Å². The highest BCUT2D eigenvalue weighted by molar-refractivity contribution is 8.00. The van der Waals surface area contributed by atoms with Gasteiger partial charge >= 0.3 is 0 Å². The SMILES string of the molecule is CCc1cccc(C)c1NC(=O)C(Sc1ccc(NC(=O)/C(=C/c2ccc(C)cc2)NC(=O)c2ccccc2)cc1)c1ccccc1. The third kappa shape index (κ3) is 8.87. The third-order valence-corrected chi connectivity index (χ3v) is 8.88. The molecule has 0 aliphatic carbocycles. The Balaban J connectivity index is 1.34. The maximum absolute atomic E-state index is 13.8. The van der Waals surface area contributed by atoms with Crippen LogP contribution in [0, 0.1) is 13.8 Å². The monoisotopic (exact) mass is 639 g/mol. The van der Waals surface area contributed by atoms with Gasteiger partial charge < -0.3 is 16.0 Å². The van der Waals surface area contributed by atoms with Gasteiger partial charge in [-0.3, -0.25) is 14.4 Å². The highest BCUT2D eigenvalue weighted by Crippen LogP contribution is 2.37. The summed E-state index contributed by atoms with van der Waals surface area (Å²) < 4.78 is 0. The van der Waals surface area contributed by atoms with Crippen molar-refractivity contribution in [1.82, 2.24) is 5.32 Å². The number of carbonyl (C=O) groups is 3. The molecule has 236 valence electrons. The second-order valence-electron chi connectivity index (χ2n) is 11.1. The van der Waals surface area contributed by atoms with Gasteiger partial charge in [0.15, 0.2) is 0 Å². The molecule has 5 rings (SSSR count). The number of amides is 3. The summed E-state index contributed by atoms with van der Waals surface area (Å²) >= 11 is 1.44. The zero-order valence-corrected chi connectivity index (χ0v) is 27.4. The molecule has 0 saturated heterocycles. The lowest BCUT2D eigenvalue weighted by molar-refractivity contribution is -0.116. The van der Waals surface area contributed by atoms with Gasteiger partial charge in [-0.1, -0.05) is 103 Å². The van der Waals surface area contributed by atoms with Crippen LogP contribution in [-0.2, 0) is 16.0 Å². The molecule has 5 aromatic carbocycles. The first-order valence-corrected chi connectivity index (χ1v) is 16.4. The highest BCUT2D eigenvalue weighted by Gasteiger charge is 2.24. The van der Waals surface area contributed by atoms with Gasteiger partial charge in [0.1, 0.15) is 10.9 Å². The number of para-hydroxylation sites is 1. The number of nitrogens with one attached hydrogen (secondary N) is 3. The van der Waals surface area contributed by atoms with Crippen molar-refractivity contribution in [3.8, 4) is 0 Å². The quantitative estimate of drug-likeness (QED) is 0.0996. The molecule has 0 heterocycles. The standard InChI is InChI=1S/C40H37N3O3S/c1-4-30-17-11-12-28(3)36(30)43-40(46)37(31-13-7-5-8-14-31)47-34-24-22-33(23-25-34)41-39(45)35(26-29-20-18-27(2)19-21-29)42-38(44)32-15-9-6-10-16-32/h5-26,37H,4H2,1-3H3,(H,41,45)(H,42,44)(H,43,46)/b35-26-. The predicted octanol–water partition coefficient (Wildman–Crippen LogP) is 8.75. The third-order valence-electron chi connectivity index (χ3n) is 7.61. The van der Waals surface area contributed by atoms with Crippen LogP contribution in [0.15, 0.2) is 138 Å². The Bertz CT molecular complexity index is 1870. The van der Waals surface area contributed by atoms with Crippen molar-refractivity contribution < 1.29 is 14.4 Å². The van der Waals surface area contributed by atoms with E-state index in [1.54, 1.807) is 42.5 Å². The van der Waals surface area contributed by atoms with Crippen molar-refractivity contribution in [3.63, 3.8) is 0 Å². The molecule has 1 unspecified atom stereocenters. The van der Waals surface area contributed by atoms with E-state index in [1.807, 2.05) is 105 Å². The average molecular weight is 640 g/mol. The highest BCUT2D eigenvalue weighted by atomic mass is 32.2. The summed E-state index contributed by atoms with van der Waals surface area (Å²) in [4.78, 5) is 41.1. The summed E-state index contributed by atoms with van der Waals surface area (Å²) in [7, 11) is 0. The van der Waals surface area contributed by atoms with E-state index < -0.39 is 11.2 Å². The molecule has 6 nitrogen and oxygen atoms in total. The second-order valence-corrected chi connectivity index (χ2v) is 12.3. The van der Waals surface area contributed by atoms with Crippen molar-refractivity contribution >= 4 is 46.9 Å². The number of aryl methyl sites for hydroxylation is 3. The molecule has 0 aliphatic rings. The lowest BCUT2D eigenvalue weighted by atomic mass is 10.1. The number of hydrogen-bond donors (Lipinski definition) is 3. The number of thioether (sulfide) groups is 1. The molecule has 0 radical (unpaired) electrons. The smallest absolute Gasteiger partial charge is 0.272 e. The number of hydrogen-bond acceptors (Lipinski definition) is 4. The van der Waals surface area contributed by atoms with Crippen LogP contribution in [0.2, 0.25) is 0 Å². The summed E-state index contributed by atoms with van der Waals surface area (Å²) in [5.41, 5.74) is 6.84. The number of anilines is 2. The molecular formula is C40H37N3O3S. The summed E-state index contributed by atoms with van der Waals surface area (Å²) in [5.74, 6) is -0.947. The minimum Gasteiger partial charge on any atom is -0.324 e. The van der Waals surface area contributed by atoms with E-state index in [1.165, 1.54) is 11.8 Å². The van der Waals surface area contributed by atoms with Crippen molar-refractivity contribution in [2.75, 3.05) is 10.6 Å². The van der Waals surface area contributed by atoms with E-state index in [2.05, 4.69) is 22.9 Å². The van der Waals surface area contributed by atoms with Crippen LogP contribution >= 0.6 is 11.8 Å². The largest absolute Gasteiger partial charge is 0.324 e. The van der Waals surface area contributed by atoms with Crippen molar-refractivity contribution in [2.24, 2.45) is 0 Å². The van der Waals surface area contributed by atoms with Gasteiger partial charge in [-0.2, -0.15) is 0 Å². The molecule has 0 bridgehead atoms. The first-order valence-electron chi connectivity index (χ1n) is 15.5. The maximum atomic E-state index is 13.8. The van der Waals surface area contributed by atoms with E-state index in [9.17, 15) is 14.4 Å². The fraction of sp³-hybridized carbons (Fsp3) is 0.125. The van der Waals surface area contributed by atoms with Gasteiger partial charge in [-0.25, -0.2) is 0 Å². The van der Waals surface area contributed by atoms with Crippen molar-refractivity contribution in [3.05, 3.63) is 166 Å². The molecule has 47 heavy (non-hydrogen) atoms. The van der Waals surface area contributed by atoms with E-state index in [0.29, 0.717) is 11.3 Å². The molecule has 7 heteroatoms. The molecule has 0 fully saturated rings. The maximum Gasteiger partial charge on any atom is 0.272 e. The van der Waals surface area contributed by atoms with Crippen molar-refractivity contribution in [2.45, 2.75) is 37.3 Å². The minimum atomic E-state index is -0.502. The normalized spacial score (nSPS) is 11.8. The Morgan fingerprint density at radius 1 is 0.723 bits per heavy atom. The van der Waals surface area contributed by atoms with E-state index in [0.717, 1.165) is 44.8 Å². The predicted molar refractivity (Wildman–Crippen MR) is 192 cm³/mol. The number of rotatable bonds is 11.